The molecule has 0 saturated carbocycles. The van der Waals surface area contributed by atoms with E-state index in [2.05, 4.69) is 6.92 Å². The van der Waals surface area contributed by atoms with Crippen LogP contribution < -0.4 is 5.73 Å². The molecular weight excluding hydrogens is 312 g/mol. The van der Waals surface area contributed by atoms with Crippen LogP contribution >= 0.6 is 0 Å². The van der Waals surface area contributed by atoms with Gasteiger partial charge in [-0.25, -0.2) is 0 Å². The van der Waals surface area contributed by atoms with Crippen molar-refractivity contribution in [2.45, 2.75) is 110 Å². The van der Waals surface area contributed by atoms with Crippen LogP contribution in [0, 0.1) is 0 Å². The Morgan fingerprint density at radius 1 is 0.619 bits per heavy atom. The van der Waals surface area contributed by atoms with E-state index in [0.717, 1.165) is 6.42 Å². The molecule has 0 aromatic rings. The van der Waals surface area contributed by atoms with Crippen molar-refractivity contribution in [3.63, 3.8) is 0 Å². The second kappa shape index (κ2) is 20.1. The summed E-state index contributed by atoms with van der Waals surface area (Å²) in [7, 11) is 0. The molecule has 0 heterocycles. The number of carbonyl (C=O) groups is 1. The van der Waals surface area contributed by atoms with E-state index in [1.54, 1.807) is 0 Å². The van der Waals surface area contributed by atoms with Gasteiger partial charge in [-0.2, -0.15) is 0 Å². The molecule has 122 valence electrons. The van der Waals surface area contributed by atoms with Gasteiger partial charge in [0.15, 0.2) is 0 Å². The van der Waals surface area contributed by atoms with Gasteiger partial charge in [-0.05, 0) is 6.42 Å². The molecule has 0 atom stereocenters. The number of amides is 1. The normalized spacial score (nSPS) is 10.3. The molecule has 0 fully saturated rings. The second-order valence-corrected chi connectivity index (χ2v) is 6.17. The summed E-state index contributed by atoms with van der Waals surface area (Å²) in [6, 6.07) is 0. The summed E-state index contributed by atoms with van der Waals surface area (Å²) in [6.07, 6.45) is 20.9. The molecule has 0 rings (SSSR count). The molecule has 0 radical (unpaired) electrons. The van der Waals surface area contributed by atoms with E-state index in [-0.39, 0.29) is 25.4 Å². The summed E-state index contributed by atoms with van der Waals surface area (Å²) in [5.74, 6) is -0.153. The van der Waals surface area contributed by atoms with E-state index in [1.807, 2.05) is 0 Å². The fourth-order valence-electron chi connectivity index (χ4n) is 2.67. The Labute approximate surface area is 145 Å². The van der Waals surface area contributed by atoms with Crippen LogP contribution in [0.25, 0.3) is 0 Å². The maximum absolute atomic E-state index is 10.6. The summed E-state index contributed by atoms with van der Waals surface area (Å²) in [6.45, 7) is 2.28. The molecule has 1 amide bonds. The first-order valence-corrected chi connectivity index (χ1v) is 9.05. The molecule has 0 aliphatic rings. The summed E-state index contributed by atoms with van der Waals surface area (Å²) >= 11 is 0. The van der Waals surface area contributed by atoms with Gasteiger partial charge < -0.3 is 5.73 Å². The van der Waals surface area contributed by atoms with Gasteiger partial charge in [0, 0.05) is 25.9 Å². The first kappa shape index (κ1) is 23.4. The largest absolute Gasteiger partial charge is 0.370 e. The quantitative estimate of drug-likeness (QED) is 0.281. The van der Waals surface area contributed by atoms with Crippen molar-refractivity contribution in [2.75, 3.05) is 0 Å². The average molecular weight is 349 g/mol. The fraction of sp³-hybridized carbons (Fsp3) is 0.944. The Balaban J connectivity index is 0. The fourth-order valence-corrected chi connectivity index (χ4v) is 2.67. The minimum atomic E-state index is -0.153. The molecule has 2 nitrogen and oxygen atoms in total. The SMILES string of the molecule is CCCCCCCCCCCCCCCCCC(N)=O.[Zn]. The Bertz CT molecular complexity index is 209. The summed E-state index contributed by atoms with van der Waals surface area (Å²) in [4.78, 5) is 10.6. The summed E-state index contributed by atoms with van der Waals surface area (Å²) in [5, 5.41) is 0. The average Bonchev–Trinajstić information content (AvgIpc) is 2.43. The van der Waals surface area contributed by atoms with Crippen LogP contribution in [0.5, 0.6) is 0 Å². The molecule has 0 aromatic carbocycles. The third-order valence-electron chi connectivity index (χ3n) is 4.03. The molecule has 21 heavy (non-hydrogen) atoms. The number of primary amides is 1. The van der Waals surface area contributed by atoms with Gasteiger partial charge in [0.2, 0.25) is 5.91 Å². The molecule has 0 unspecified atom stereocenters. The second-order valence-electron chi connectivity index (χ2n) is 6.17. The van der Waals surface area contributed by atoms with Crippen molar-refractivity contribution >= 4 is 5.91 Å². The Hall–Kier alpha value is 0.0934. The first-order valence-electron chi connectivity index (χ1n) is 9.05. The number of unbranched alkanes of at least 4 members (excludes halogenated alkanes) is 14. The van der Waals surface area contributed by atoms with E-state index in [4.69, 9.17) is 5.73 Å². The minimum absolute atomic E-state index is 0. The van der Waals surface area contributed by atoms with Crippen molar-refractivity contribution < 1.29 is 24.3 Å². The van der Waals surface area contributed by atoms with Gasteiger partial charge >= 0.3 is 0 Å². The molecular formula is C18H37NOZn. The molecule has 3 heteroatoms. The van der Waals surface area contributed by atoms with Crippen molar-refractivity contribution in [3.8, 4) is 0 Å². The smallest absolute Gasteiger partial charge is 0.217 e. The maximum Gasteiger partial charge on any atom is 0.217 e. The Morgan fingerprint density at radius 2 is 0.905 bits per heavy atom. The van der Waals surface area contributed by atoms with E-state index in [0.29, 0.717) is 6.42 Å². The number of hydrogen-bond donors (Lipinski definition) is 1. The Morgan fingerprint density at radius 3 is 1.19 bits per heavy atom. The van der Waals surface area contributed by atoms with E-state index in [9.17, 15) is 4.79 Å². The van der Waals surface area contributed by atoms with Crippen LogP contribution in [0.3, 0.4) is 0 Å². The van der Waals surface area contributed by atoms with Crippen molar-refractivity contribution in [2.24, 2.45) is 5.73 Å². The van der Waals surface area contributed by atoms with Gasteiger partial charge in [0.25, 0.3) is 0 Å². The molecule has 0 spiro atoms. The van der Waals surface area contributed by atoms with Crippen LogP contribution in [0.2, 0.25) is 0 Å². The molecule has 0 saturated heterocycles. The van der Waals surface area contributed by atoms with Crippen LogP contribution in [-0.2, 0) is 24.3 Å². The van der Waals surface area contributed by atoms with Gasteiger partial charge in [-0.15, -0.1) is 0 Å². The molecule has 0 aliphatic heterocycles. The molecule has 2 N–H and O–H groups in total. The van der Waals surface area contributed by atoms with Crippen molar-refractivity contribution in [1.82, 2.24) is 0 Å². The Kier molecular flexibility index (Phi) is 22.4. The number of carbonyl (C=O) groups excluding carboxylic acids is 1. The first-order chi connectivity index (χ1) is 9.77. The van der Waals surface area contributed by atoms with Gasteiger partial charge in [-0.3, -0.25) is 4.79 Å². The van der Waals surface area contributed by atoms with E-state index in [1.165, 1.54) is 89.9 Å². The number of rotatable bonds is 16. The van der Waals surface area contributed by atoms with Crippen LogP contribution in [0.1, 0.15) is 110 Å². The molecule has 0 aromatic heterocycles. The zero-order valence-electron chi connectivity index (χ0n) is 14.5. The predicted molar refractivity (Wildman–Crippen MR) is 88.7 cm³/mol. The van der Waals surface area contributed by atoms with Crippen molar-refractivity contribution in [1.29, 1.82) is 0 Å². The van der Waals surface area contributed by atoms with E-state index >= 15 is 0 Å². The zero-order valence-corrected chi connectivity index (χ0v) is 17.5. The number of hydrogen-bond acceptors (Lipinski definition) is 1. The summed E-state index contributed by atoms with van der Waals surface area (Å²) in [5.41, 5.74) is 5.11. The third kappa shape index (κ3) is 22.5. The van der Waals surface area contributed by atoms with Gasteiger partial charge in [-0.1, -0.05) is 96.8 Å². The molecule has 0 aliphatic carbocycles. The van der Waals surface area contributed by atoms with Gasteiger partial charge in [0.05, 0.1) is 0 Å². The molecule has 0 bridgehead atoms. The number of nitrogens with two attached hydrogens (primary N) is 1. The van der Waals surface area contributed by atoms with E-state index < -0.39 is 0 Å². The maximum atomic E-state index is 10.6. The third-order valence-corrected chi connectivity index (χ3v) is 4.03. The predicted octanol–water partition coefficient (Wildman–Crippen LogP) is 5.73. The van der Waals surface area contributed by atoms with Gasteiger partial charge in [0.1, 0.15) is 0 Å². The minimum Gasteiger partial charge on any atom is -0.370 e. The zero-order chi connectivity index (χ0) is 14.9. The topological polar surface area (TPSA) is 43.1 Å². The monoisotopic (exact) mass is 347 g/mol. The van der Waals surface area contributed by atoms with Crippen LogP contribution in [-0.4, -0.2) is 5.91 Å². The van der Waals surface area contributed by atoms with Crippen LogP contribution in [0.15, 0.2) is 0 Å². The van der Waals surface area contributed by atoms with Crippen molar-refractivity contribution in [3.05, 3.63) is 0 Å². The standard InChI is InChI=1S/C18H37NO.Zn/c1-2-3-4-5-6-7-8-9-10-11-12-13-14-15-16-17-18(19)20;/h2-17H2,1H3,(H2,19,20);. The summed E-state index contributed by atoms with van der Waals surface area (Å²) < 4.78 is 0. The van der Waals surface area contributed by atoms with Crippen LogP contribution in [0.4, 0.5) is 0 Å².